The molecule has 1 atom stereocenters. The van der Waals surface area contributed by atoms with Crippen LogP contribution >= 0.6 is 11.3 Å². The zero-order valence-electron chi connectivity index (χ0n) is 9.39. The molecular weight excluding hydrogens is 232 g/mol. The first-order valence-electron chi connectivity index (χ1n) is 5.40. The van der Waals surface area contributed by atoms with Crippen molar-refractivity contribution in [2.45, 2.75) is 12.5 Å². The summed E-state index contributed by atoms with van der Waals surface area (Å²) in [7, 11) is 0. The van der Waals surface area contributed by atoms with Crippen molar-refractivity contribution in [2.75, 3.05) is 0 Å². The molecule has 17 heavy (non-hydrogen) atoms. The summed E-state index contributed by atoms with van der Waals surface area (Å²) < 4.78 is 0. The van der Waals surface area contributed by atoms with Crippen molar-refractivity contribution in [1.29, 1.82) is 5.41 Å². The van der Waals surface area contributed by atoms with Crippen LogP contribution in [0.2, 0.25) is 0 Å². The highest BCUT2D eigenvalue weighted by atomic mass is 32.1. The Morgan fingerprint density at radius 2 is 2.06 bits per heavy atom. The highest BCUT2D eigenvalue weighted by Gasteiger charge is 2.17. The van der Waals surface area contributed by atoms with E-state index in [2.05, 4.69) is 5.73 Å². The molecule has 1 aromatic heterocycles. The smallest absolute Gasteiger partial charge is 0.124 e. The second kappa shape index (κ2) is 5.12. The molecule has 0 aliphatic carbocycles. The molecule has 0 aliphatic heterocycles. The van der Waals surface area contributed by atoms with Gasteiger partial charge in [-0.3, -0.25) is 0 Å². The molecule has 5 N–H and O–H groups in total. The van der Waals surface area contributed by atoms with Gasteiger partial charge in [-0.1, -0.05) is 18.2 Å². The number of thiophene rings is 1. The van der Waals surface area contributed by atoms with E-state index in [4.69, 9.17) is 5.41 Å². The van der Waals surface area contributed by atoms with Crippen LogP contribution in [0.25, 0.3) is 0 Å². The van der Waals surface area contributed by atoms with Crippen molar-refractivity contribution >= 4 is 17.0 Å². The molecule has 4 heteroatoms. The zero-order valence-corrected chi connectivity index (χ0v) is 10.2. The summed E-state index contributed by atoms with van der Waals surface area (Å²) in [6.07, 6.45) is 0.540. The molecule has 0 spiro atoms. The number of quaternary nitrogens is 1. The maximum Gasteiger partial charge on any atom is 0.124 e. The van der Waals surface area contributed by atoms with E-state index in [1.54, 1.807) is 23.5 Å². The van der Waals surface area contributed by atoms with Gasteiger partial charge in [0.25, 0.3) is 0 Å². The monoisotopic (exact) mass is 247 g/mol. The van der Waals surface area contributed by atoms with E-state index in [0.29, 0.717) is 12.1 Å². The number of benzene rings is 1. The van der Waals surface area contributed by atoms with Gasteiger partial charge in [0, 0.05) is 11.3 Å². The standard InChI is InChI=1S/C13H14N2OS/c14-10(9-4-1-2-5-12(9)16)8-11(15)13-6-3-7-17-13/h1-7,10,15-16H,8,14H2/p+1. The largest absolute Gasteiger partial charge is 0.507 e. The van der Waals surface area contributed by atoms with Gasteiger partial charge in [0.05, 0.1) is 11.3 Å². The SMILES string of the molecule is N=C(CC([NH3+])c1ccccc1O)c1cccs1. The summed E-state index contributed by atoms with van der Waals surface area (Å²) in [6.45, 7) is 0. The Balaban J connectivity index is 2.10. The van der Waals surface area contributed by atoms with Gasteiger partial charge < -0.3 is 16.2 Å². The molecule has 0 bridgehead atoms. The molecule has 2 rings (SSSR count). The van der Waals surface area contributed by atoms with Gasteiger partial charge in [-0.25, -0.2) is 0 Å². The van der Waals surface area contributed by atoms with E-state index in [1.807, 2.05) is 29.6 Å². The molecule has 1 aromatic carbocycles. The highest BCUT2D eigenvalue weighted by molar-refractivity contribution is 7.12. The quantitative estimate of drug-likeness (QED) is 0.712. The third-order valence-corrected chi connectivity index (χ3v) is 3.58. The van der Waals surface area contributed by atoms with Gasteiger partial charge in [0.2, 0.25) is 0 Å². The maximum absolute atomic E-state index is 9.72. The molecule has 0 fully saturated rings. The second-order valence-electron chi connectivity index (χ2n) is 3.92. The van der Waals surface area contributed by atoms with Gasteiger partial charge in [0.1, 0.15) is 11.8 Å². The lowest BCUT2D eigenvalue weighted by Gasteiger charge is -2.10. The van der Waals surface area contributed by atoms with Gasteiger partial charge in [0.15, 0.2) is 0 Å². The van der Waals surface area contributed by atoms with E-state index in [-0.39, 0.29) is 11.8 Å². The molecule has 3 nitrogen and oxygen atoms in total. The Morgan fingerprint density at radius 3 is 2.71 bits per heavy atom. The predicted octanol–water partition coefficient (Wildman–Crippen LogP) is 2.19. The first-order valence-corrected chi connectivity index (χ1v) is 6.28. The number of para-hydroxylation sites is 1. The number of aromatic hydroxyl groups is 1. The molecule has 2 aromatic rings. The Morgan fingerprint density at radius 1 is 1.29 bits per heavy atom. The lowest BCUT2D eigenvalue weighted by atomic mass is 10.0. The van der Waals surface area contributed by atoms with Crippen LogP contribution in [-0.4, -0.2) is 10.8 Å². The van der Waals surface area contributed by atoms with E-state index in [0.717, 1.165) is 10.4 Å². The molecule has 1 heterocycles. The fourth-order valence-electron chi connectivity index (χ4n) is 1.74. The van der Waals surface area contributed by atoms with Crippen LogP contribution in [0.1, 0.15) is 22.9 Å². The number of nitrogens with one attached hydrogen (secondary N) is 1. The van der Waals surface area contributed by atoms with Crippen LogP contribution < -0.4 is 5.73 Å². The van der Waals surface area contributed by atoms with Crippen LogP contribution in [0, 0.1) is 5.41 Å². The van der Waals surface area contributed by atoms with Crippen LogP contribution in [0.4, 0.5) is 0 Å². The normalized spacial score (nSPS) is 12.3. The summed E-state index contributed by atoms with van der Waals surface area (Å²) in [4.78, 5) is 0.967. The fraction of sp³-hybridized carbons (Fsp3) is 0.154. The van der Waals surface area contributed by atoms with E-state index in [1.165, 1.54) is 0 Å². The number of phenols is 1. The minimum absolute atomic E-state index is 0.0919. The van der Waals surface area contributed by atoms with Gasteiger partial charge in [-0.15, -0.1) is 11.3 Å². The van der Waals surface area contributed by atoms with E-state index < -0.39 is 0 Å². The summed E-state index contributed by atoms with van der Waals surface area (Å²) in [6, 6.07) is 11.0. The molecular formula is C13H15N2OS+. The number of hydrogen-bond donors (Lipinski definition) is 3. The van der Waals surface area contributed by atoms with Crippen LogP contribution in [0.3, 0.4) is 0 Å². The lowest BCUT2D eigenvalue weighted by molar-refractivity contribution is -0.424. The highest BCUT2D eigenvalue weighted by Crippen LogP contribution is 2.24. The van der Waals surface area contributed by atoms with Crippen molar-refractivity contribution in [3.63, 3.8) is 0 Å². The van der Waals surface area contributed by atoms with E-state index in [9.17, 15) is 5.11 Å². The van der Waals surface area contributed by atoms with Crippen molar-refractivity contribution < 1.29 is 10.8 Å². The van der Waals surface area contributed by atoms with Crippen molar-refractivity contribution in [1.82, 2.24) is 0 Å². The van der Waals surface area contributed by atoms with Crippen LogP contribution in [-0.2, 0) is 0 Å². The van der Waals surface area contributed by atoms with Gasteiger partial charge >= 0.3 is 0 Å². The first-order chi connectivity index (χ1) is 8.18. The number of hydrogen-bond acceptors (Lipinski definition) is 3. The summed E-state index contributed by atoms with van der Waals surface area (Å²) in [5.74, 6) is 0.256. The van der Waals surface area contributed by atoms with Crippen molar-refractivity contribution in [3.05, 3.63) is 52.2 Å². The van der Waals surface area contributed by atoms with Crippen LogP contribution in [0.15, 0.2) is 41.8 Å². The fourth-order valence-corrected chi connectivity index (χ4v) is 2.43. The Bertz CT molecular complexity index is 508. The average molecular weight is 247 g/mol. The Kier molecular flexibility index (Phi) is 3.56. The van der Waals surface area contributed by atoms with Crippen LogP contribution in [0.5, 0.6) is 5.75 Å². The predicted molar refractivity (Wildman–Crippen MR) is 69.5 cm³/mol. The lowest BCUT2D eigenvalue weighted by Crippen LogP contribution is -2.54. The first kappa shape index (κ1) is 11.8. The summed E-state index contributed by atoms with van der Waals surface area (Å²) in [5, 5.41) is 19.7. The Labute approximate surface area is 104 Å². The summed E-state index contributed by atoms with van der Waals surface area (Å²) >= 11 is 1.56. The number of phenolic OH excluding ortho intramolecular Hbond substituents is 1. The third-order valence-electron chi connectivity index (χ3n) is 2.65. The molecule has 0 saturated heterocycles. The minimum Gasteiger partial charge on any atom is -0.507 e. The Hall–Kier alpha value is -1.65. The van der Waals surface area contributed by atoms with Crippen molar-refractivity contribution in [3.8, 4) is 5.75 Å². The molecule has 0 saturated carbocycles. The van der Waals surface area contributed by atoms with Crippen molar-refractivity contribution in [2.24, 2.45) is 0 Å². The maximum atomic E-state index is 9.72. The summed E-state index contributed by atoms with van der Waals surface area (Å²) in [5.41, 5.74) is 5.40. The second-order valence-corrected chi connectivity index (χ2v) is 4.86. The van der Waals surface area contributed by atoms with E-state index >= 15 is 0 Å². The van der Waals surface area contributed by atoms with Gasteiger partial charge in [-0.2, -0.15) is 0 Å². The van der Waals surface area contributed by atoms with Gasteiger partial charge in [-0.05, 0) is 23.6 Å². The number of rotatable bonds is 4. The zero-order chi connectivity index (χ0) is 12.3. The molecule has 0 aliphatic rings. The topological polar surface area (TPSA) is 71.7 Å². The molecule has 0 radical (unpaired) electrons. The molecule has 88 valence electrons. The minimum atomic E-state index is -0.0919. The third kappa shape index (κ3) is 2.72. The molecule has 1 unspecified atom stereocenters. The molecule has 0 amide bonds. The average Bonchev–Trinajstić information content (AvgIpc) is 2.82.